The van der Waals surface area contributed by atoms with E-state index >= 15 is 0 Å². The van der Waals surface area contributed by atoms with Crippen LogP contribution in [0.25, 0.3) is 10.8 Å². The van der Waals surface area contributed by atoms with Crippen molar-refractivity contribution in [3.63, 3.8) is 0 Å². The lowest BCUT2D eigenvalue weighted by atomic mass is 9.96. The highest BCUT2D eigenvalue weighted by Gasteiger charge is 2.26. The molecule has 0 unspecified atom stereocenters. The van der Waals surface area contributed by atoms with Gasteiger partial charge < -0.3 is 10.6 Å². The number of nitrogens with one attached hydrogen (secondary N) is 2. The van der Waals surface area contributed by atoms with Gasteiger partial charge in [0.25, 0.3) is 0 Å². The number of rotatable bonds is 6. The van der Waals surface area contributed by atoms with Crippen molar-refractivity contribution in [1.82, 2.24) is 10.2 Å². The van der Waals surface area contributed by atoms with E-state index in [0.29, 0.717) is 0 Å². The quantitative estimate of drug-likeness (QED) is 0.660. The highest BCUT2D eigenvalue weighted by Crippen LogP contribution is 2.23. The Kier molecular flexibility index (Phi) is 6.40. The van der Waals surface area contributed by atoms with E-state index in [4.69, 9.17) is 0 Å². The van der Waals surface area contributed by atoms with Crippen LogP contribution >= 0.6 is 0 Å². The summed E-state index contributed by atoms with van der Waals surface area (Å²) in [5.74, 6) is -0.328. The molecule has 3 aromatic rings. The van der Waals surface area contributed by atoms with E-state index in [9.17, 15) is 9.59 Å². The van der Waals surface area contributed by atoms with E-state index in [2.05, 4.69) is 27.7 Å². The van der Waals surface area contributed by atoms with Crippen molar-refractivity contribution in [2.45, 2.75) is 19.4 Å². The zero-order chi connectivity index (χ0) is 20.8. The molecule has 1 aliphatic rings. The van der Waals surface area contributed by atoms with Gasteiger partial charge in [0.2, 0.25) is 11.8 Å². The number of carbonyl (C=O) groups excluding carboxylic acids is 2. The Morgan fingerprint density at radius 1 is 0.933 bits per heavy atom. The fraction of sp³-hybridized carbons (Fsp3) is 0.280. The lowest BCUT2D eigenvalue weighted by Gasteiger charge is -2.32. The molecule has 30 heavy (non-hydrogen) atoms. The van der Waals surface area contributed by atoms with Crippen LogP contribution in [-0.4, -0.2) is 36.3 Å². The molecule has 5 nitrogen and oxygen atoms in total. The molecule has 2 amide bonds. The standard InChI is InChI=1S/C25H27N3O2/c29-24(27-23-14-6-11-20-10-4-5-13-22(20)23)16-26-25(30)21-12-7-15-28(18-21)17-19-8-2-1-3-9-19/h1-6,8-11,13-14,21H,7,12,15-18H2,(H,26,30)(H,27,29)/t21-/m0/s1. The average Bonchev–Trinajstić information content (AvgIpc) is 2.78. The zero-order valence-corrected chi connectivity index (χ0v) is 17.0. The largest absolute Gasteiger partial charge is 0.347 e. The zero-order valence-electron chi connectivity index (χ0n) is 17.0. The number of hydrogen-bond acceptors (Lipinski definition) is 3. The number of fused-ring (bicyclic) bond motifs is 1. The van der Waals surface area contributed by atoms with Crippen molar-refractivity contribution in [3.8, 4) is 0 Å². The van der Waals surface area contributed by atoms with Gasteiger partial charge in [0.15, 0.2) is 0 Å². The minimum absolute atomic E-state index is 0.0166. The van der Waals surface area contributed by atoms with Gasteiger partial charge in [-0.2, -0.15) is 0 Å². The molecule has 0 radical (unpaired) electrons. The predicted molar refractivity (Wildman–Crippen MR) is 120 cm³/mol. The lowest BCUT2D eigenvalue weighted by Crippen LogP contribution is -2.44. The van der Waals surface area contributed by atoms with Crippen LogP contribution in [0.4, 0.5) is 5.69 Å². The van der Waals surface area contributed by atoms with E-state index in [0.717, 1.165) is 48.9 Å². The van der Waals surface area contributed by atoms with Crippen LogP contribution in [0.1, 0.15) is 18.4 Å². The molecule has 0 aliphatic carbocycles. The normalized spacial score (nSPS) is 16.9. The maximum atomic E-state index is 12.6. The Morgan fingerprint density at radius 2 is 1.70 bits per heavy atom. The van der Waals surface area contributed by atoms with Gasteiger partial charge >= 0.3 is 0 Å². The second-order valence-corrected chi connectivity index (χ2v) is 7.85. The minimum atomic E-state index is -0.211. The summed E-state index contributed by atoms with van der Waals surface area (Å²) in [4.78, 5) is 27.4. The first-order valence-electron chi connectivity index (χ1n) is 10.5. The second-order valence-electron chi connectivity index (χ2n) is 7.85. The number of likely N-dealkylation sites (tertiary alicyclic amines) is 1. The Hall–Kier alpha value is -3.18. The summed E-state index contributed by atoms with van der Waals surface area (Å²) in [5, 5.41) is 7.81. The molecule has 1 saturated heterocycles. The fourth-order valence-electron chi connectivity index (χ4n) is 4.10. The van der Waals surface area contributed by atoms with Crippen LogP contribution in [0.15, 0.2) is 72.8 Å². The van der Waals surface area contributed by atoms with Crippen molar-refractivity contribution < 1.29 is 9.59 Å². The summed E-state index contributed by atoms with van der Waals surface area (Å²) < 4.78 is 0. The maximum Gasteiger partial charge on any atom is 0.243 e. The van der Waals surface area contributed by atoms with Gasteiger partial charge in [-0.1, -0.05) is 66.7 Å². The molecule has 3 aromatic carbocycles. The highest BCUT2D eigenvalue weighted by molar-refractivity contribution is 6.03. The van der Waals surface area contributed by atoms with Crippen molar-refractivity contribution in [1.29, 1.82) is 0 Å². The molecule has 154 valence electrons. The summed E-state index contributed by atoms with van der Waals surface area (Å²) in [6.45, 7) is 2.56. The molecule has 0 saturated carbocycles. The van der Waals surface area contributed by atoms with Gasteiger partial charge in [0.1, 0.15) is 0 Å². The fourth-order valence-corrected chi connectivity index (χ4v) is 4.10. The molecule has 1 aliphatic heterocycles. The van der Waals surface area contributed by atoms with Crippen LogP contribution in [0.2, 0.25) is 0 Å². The minimum Gasteiger partial charge on any atom is -0.347 e. The number of hydrogen-bond donors (Lipinski definition) is 2. The molecule has 0 bridgehead atoms. The summed E-state index contributed by atoms with van der Waals surface area (Å²) in [6.07, 6.45) is 1.86. The van der Waals surface area contributed by atoms with Crippen LogP contribution in [0.5, 0.6) is 0 Å². The van der Waals surface area contributed by atoms with E-state index < -0.39 is 0 Å². The average molecular weight is 402 g/mol. The first-order valence-corrected chi connectivity index (χ1v) is 10.5. The Labute approximate surface area is 177 Å². The summed E-state index contributed by atoms with van der Waals surface area (Å²) in [7, 11) is 0. The smallest absolute Gasteiger partial charge is 0.243 e. The molecular formula is C25H27N3O2. The van der Waals surface area contributed by atoms with Gasteiger partial charge in [-0.25, -0.2) is 0 Å². The van der Waals surface area contributed by atoms with Crippen molar-refractivity contribution >= 4 is 28.3 Å². The molecule has 1 fully saturated rings. The Morgan fingerprint density at radius 3 is 2.57 bits per heavy atom. The number of amides is 2. The van der Waals surface area contributed by atoms with Crippen LogP contribution in [-0.2, 0) is 16.1 Å². The molecule has 2 N–H and O–H groups in total. The number of carbonyl (C=O) groups is 2. The van der Waals surface area contributed by atoms with Crippen molar-refractivity contribution in [2.75, 3.05) is 25.0 Å². The van der Waals surface area contributed by atoms with Gasteiger partial charge in [0.05, 0.1) is 12.5 Å². The number of benzene rings is 3. The summed E-state index contributed by atoms with van der Waals surface area (Å²) in [6, 6.07) is 24.0. The van der Waals surface area contributed by atoms with Crippen molar-refractivity contribution in [3.05, 3.63) is 78.4 Å². The van der Waals surface area contributed by atoms with E-state index in [1.165, 1.54) is 5.56 Å². The SMILES string of the molecule is O=C(CNC(=O)[C@H]1CCCN(Cc2ccccc2)C1)Nc1cccc2ccccc12. The van der Waals surface area contributed by atoms with Crippen LogP contribution in [0, 0.1) is 5.92 Å². The summed E-state index contributed by atoms with van der Waals surface area (Å²) >= 11 is 0. The number of piperidine rings is 1. The van der Waals surface area contributed by atoms with Gasteiger partial charge in [-0.05, 0) is 36.4 Å². The first-order chi connectivity index (χ1) is 14.7. The molecule has 0 aromatic heterocycles. The van der Waals surface area contributed by atoms with Gasteiger partial charge in [-0.15, -0.1) is 0 Å². The number of anilines is 1. The monoisotopic (exact) mass is 401 g/mol. The second kappa shape index (κ2) is 9.55. The van der Waals surface area contributed by atoms with Gasteiger partial charge in [-0.3, -0.25) is 14.5 Å². The molecule has 5 heteroatoms. The Balaban J connectivity index is 1.29. The maximum absolute atomic E-state index is 12.6. The third-order valence-corrected chi connectivity index (χ3v) is 5.61. The van der Waals surface area contributed by atoms with Crippen LogP contribution in [0.3, 0.4) is 0 Å². The van der Waals surface area contributed by atoms with E-state index in [-0.39, 0.29) is 24.3 Å². The van der Waals surface area contributed by atoms with Crippen molar-refractivity contribution in [2.24, 2.45) is 5.92 Å². The van der Waals surface area contributed by atoms with E-state index in [1.54, 1.807) is 0 Å². The van der Waals surface area contributed by atoms with E-state index in [1.807, 2.05) is 60.7 Å². The molecule has 4 rings (SSSR count). The third kappa shape index (κ3) is 5.05. The Bertz CT molecular complexity index is 1010. The topological polar surface area (TPSA) is 61.4 Å². The summed E-state index contributed by atoms with van der Waals surface area (Å²) in [5.41, 5.74) is 2.02. The highest BCUT2D eigenvalue weighted by atomic mass is 16.2. The molecular weight excluding hydrogens is 374 g/mol. The number of nitrogens with zero attached hydrogens (tertiary/aromatic N) is 1. The molecule has 1 atom stereocenters. The predicted octanol–water partition coefficient (Wildman–Crippen LogP) is 3.81. The molecule has 0 spiro atoms. The van der Waals surface area contributed by atoms with Crippen LogP contribution < -0.4 is 10.6 Å². The third-order valence-electron chi connectivity index (χ3n) is 5.61. The first kappa shape index (κ1) is 20.1. The molecule has 1 heterocycles. The lowest BCUT2D eigenvalue weighted by molar-refractivity contribution is -0.128. The van der Waals surface area contributed by atoms with Gasteiger partial charge in [0, 0.05) is 24.2 Å².